The molecule has 2 fully saturated rings. The zero-order valence-electron chi connectivity index (χ0n) is 10.3. The van der Waals surface area contributed by atoms with Crippen LogP contribution in [0.2, 0.25) is 0 Å². The SMILES string of the molecule is CC1(C)CCCNC1CNCCC1CC1. The summed E-state index contributed by atoms with van der Waals surface area (Å²) in [5.74, 6) is 1.06. The molecule has 2 N–H and O–H groups in total. The van der Waals surface area contributed by atoms with Gasteiger partial charge in [-0.15, -0.1) is 0 Å². The van der Waals surface area contributed by atoms with Crippen molar-refractivity contribution < 1.29 is 0 Å². The summed E-state index contributed by atoms with van der Waals surface area (Å²) in [5, 5.41) is 7.27. The third-order valence-corrected chi connectivity index (χ3v) is 4.11. The minimum Gasteiger partial charge on any atom is -0.315 e. The van der Waals surface area contributed by atoms with Crippen molar-refractivity contribution in [2.45, 2.75) is 52.0 Å². The lowest BCUT2D eigenvalue weighted by molar-refractivity contribution is 0.176. The first-order valence-corrected chi connectivity index (χ1v) is 6.62. The Morgan fingerprint density at radius 1 is 1.33 bits per heavy atom. The Kier molecular flexibility index (Phi) is 3.68. The molecule has 0 aromatic rings. The number of piperidine rings is 1. The predicted octanol–water partition coefficient (Wildman–Crippen LogP) is 2.15. The summed E-state index contributed by atoms with van der Waals surface area (Å²) >= 11 is 0. The van der Waals surface area contributed by atoms with Crippen LogP contribution >= 0.6 is 0 Å². The molecule has 2 heteroatoms. The van der Waals surface area contributed by atoms with E-state index in [-0.39, 0.29) is 0 Å². The molecule has 0 aromatic heterocycles. The molecule has 15 heavy (non-hydrogen) atoms. The van der Waals surface area contributed by atoms with E-state index in [0.29, 0.717) is 11.5 Å². The largest absolute Gasteiger partial charge is 0.315 e. The van der Waals surface area contributed by atoms with Crippen LogP contribution in [0.4, 0.5) is 0 Å². The Morgan fingerprint density at radius 3 is 2.80 bits per heavy atom. The molecule has 0 aromatic carbocycles. The fraction of sp³-hybridized carbons (Fsp3) is 1.00. The van der Waals surface area contributed by atoms with Gasteiger partial charge in [-0.2, -0.15) is 0 Å². The van der Waals surface area contributed by atoms with Gasteiger partial charge in [0.25, 0.3) is 0 Å². The van der Waals surface area contributed by atoms with Crippen LogP contribution in [0.1, 0.15) is 46.0 Å². The lowest BCUT2D eigenvalue weighted by Crippen LogP contribution is -2.52. The third kappa shape index (κ3) is 3.46. The van der Waals surface area contributed by atoms with Crippen LogP contribution in [-0.4, -0.2) is 25.7 Å². The van der Waals surface area contributed by atoms with Crippen molar-refractivity contribution in [1.82, 2.24) is 10.6 Å². The van der Waals surface area contributed by atoms with Gasteiger partial charge in [-0.1, -0.05) is 26.7 Å². The summed E-state index contributed by atoms with van der Waals surface area (Å²) in [6.07, 6.45) is 7.07. The van der Waals surface area contributed by atoms with Gasteiger partial charge in [0.2, 0.25) is 0 Å². The maximum absolute atomic E-state index is 3.65. The summed E-state index contributed by atoms with van der Waals surface area (Å²) in [6, 6.07) is 0.672. The van der Waals surface area contributed by atoms with Gasteiger partial charge in [0.1, 0.15) is 0 Å². The van der Waals surface area contributed by atoms with E-state index in [0.717, 1.165) is 12.5 Å². The van der Waals surface area contributed by atoms with Crippen molar-refractivity contribution in [2.75, 3.05) is 19.6 Å². The Labute approximate surface area is 94.2 Å². The van der Waals surface area contributed by atoms with E-state index in [1.807, 2.05) is 0 Å². The van der Waals surface area contributed by atoms with Crippen LogP contribution in [0.3, 0.4) is 0 Å². The molecule has 1 atom stereocenters. The van der Waals surface area contributed by atoms with Crippen LogP contribution < -0.4 is 10.6 Å². The van der Waals surface area contributed by atoms with Crippen LogP contribution in [0.25, 0.3) is 0 Å². The Morgan fingerprint density at radius 2 is 2.13 bits per heavy atom. The van der Waals surface area contributed by atoms with E-state index in [4.69, 9.17) is 0 Å². The molecule has 2 nitrogen and oxygen atoms in total. The zero-order valence-corrected chi connectivity index (χ0v) is 10.3. The highest BCUT2D eigenvalue weighted by Gasteiger charge is 2.31. The smallest absolute Gasteiger partial charge is 0.0243 e. The van der Waals surface area contributed by atoms with Crippen molar-refractivity contribution in [2.24, 2.45) is 11.3 Å². The minimum atomic E-state index is 0.477. The van der Waals surface area contributed by atoms with Gasteiger partial charge in [0.15, 0.2) is 0 Å². The average Bonchev–Trinajstić information content (AvgIpc) is 2.98. The van der Waals surface area contributed by atoms with E-state index in [9.17, 15) is 0 Å². The highest BCUT2D eigenvalue weighted by Crippen LogP contribution is 2.32. The van der Waals surface area contributed by atoms with Gasteiger partial charge in [-0.3, -0.25) is 0 Å². The van der Waals surface area contributed by atoms with Gasteiger partial charge >= 0.3 is 0 Å². The molecular formula is C13H26N2. The molecule has 0 amide bonds. The molecule has 1 saturated carbocycles. The quantitative estimate of drug-likeness (QED) is 0.680. The first kappa shape index (κ1) is 11.4. The van der Waals surface area contributed by atoms with E-state index in [2.05, 4.69) is 24.5 Å². The summed E-state index contributed by atoms with van der Waals surface area (Å²) < 4.78 is 0. The summed E-state index contributed by atoms with van der Waals surface area (Å²) in [7, 11) is 0. The van der Waals surface area contributed by atoms with E-state index < -0.39 is 0 Å². The van der Waals surface area contributed by atoms with E-state index in [1.54, 1.807) is 0 Å². The van der Waals surface area contributed by atoms with Crippen molar-refractivity contribution in [3.8, 4) is 0 Å². The average molecular weight is 210 g/mol. The summed E-state index contributed by atoms with van der Waals surface area (Å²) in [6.45, 7) is 8.37. The van der Waals surface area contributed by atoms with Crippen LogP contribution in [0.5, 0.6) is 0 Å². The molecule has 1 unspecified atom stereocenters. The molecule has 0 spiro atoms. The van der Waals surface area contributed by atoms with E-state index >= 15 is 0 Å². The predicted molar refractivity (Wildman–Crippen MR) is 65.0 cm³/mol. The molecule has 0 bridgehead atoms. The maximum atomic E-state index is 3.65. The second kappa shape index (κ2) is 4.84. The highest BCUT2D eigenvalue weighted by molar-refractivity contribution is 4.89. The van der Waals surface area contributed by atoms with Gasteiger partial charge in [0, 0.05) is 12.6 Å². The van der Waals surface area contributed by atoms with Gasteiger partial charge in [-0.25, -0.2) is 0 Å². The van der Waals surface area contributed by atoms with Crippen molar-refractivity contribution in [3.05, 3.63) is 0 Å². The Bertz CT molecular complexity index is 197. The molecule has 1 heterocycles. The topological polar surface area (TPSA) is 24.1 Å². The van der Waals surface area contributed by atoms with E-state index in [1.165, 1.54) is 45.2 Å². The summed E-state index contributed by atoms with van der Waals surface area (Å²) in [4.78, 5) is 0. The Hall–Kier alpha value is -0.0800. The monoisotopic (exact) mass is 210 g/mol. The number of hydrogen-bond donors (Lipinski definition) is 2. The van der Waals surface area contributed by atoms with Crippen molar-refractivity contribution in [3.63, 3.8) is 0 Å². The molecule has 0 radical (unpaired) electrons. The lowest BCUT2D eigenvalue weighted by Gasteiger charge is -2.39. The molecule has 1 saturated heterocycles. The van der Waals surface area contributed by atoms with Crippen LogP contribution in [0.15, 0.2) is 0 Å². The number of hydrogen-bond acceptors (Lipinski definition) is 2. The van der Waals surface area contributed by atoms with Crippen LogP contribution in [-0.2, 0) is 0 Å². The summed E-state index contributed by atoms with van der Waals surface area (Å²) in [5.41, 5.74) is 0.477. The molecule has 88 valence electrons. The second-order valence-electron chi connectivity index (χ2n) is 6.04. The van der Waals surface area contributed by atoms with Gasteiger partial charge in [0.05, 0.1) is 0 Å². The van der Waals surface area contributed by atoms with Gasteiger partial charge < -0.3 is 10.6 Å². The normalized spacial score (nSPS) is 30.4. The highest BCUT2D eigenvalue weighted by atomic mass is 15.0. The molecule has 2 rings (SSSR count). The molecule has 2 aliphatic rings. The molecule has 1 aliphatic carbocycles. The van der Waals surface area contributed by atoms with Crippen molar-refractivity contribution in [1.29, 1.82) is 0 Å². The first-order valence-electron chi connectivity index (χ1n) is 6.62. The fourth-order valence-corrected chi connectivity index (χ4v) is 2.58. The van der Waals surface area contributed by atoms with Crippen molar-refractivity contribution >= 4 is 0 Å². The maximum Gasteiger partial charge on any atom is 0.0243 e. The Balaban J connectivity index is 1.63. The first-order chi connectivity index (χ1) is 7.18. The second-order valence-corrected chi connectivity index (χ2v) is 6.04. The standard InChI is InChI=1S/C13H26N2/c1-13(2)7-3-8-15-12(13)10-14-9-6-11-4-5-11/h11-12,14-15H,3-10H2,1-2H3. The van der Waals surface area contributed by atoms with Gasteiger partial charge in [-0.05, 0) is 43.7 Å². The number of rotatable bonds is 5. The zero-order chi connectivity index (χ0) is 10.7. The molecule has 1 aliphatic heterocycles. The minimum absolute atomic E-state index is 0.477. The van der Waals surface area contributed by atoms with Crippen LogP contribution in [0, 0.1) is 11.3 Å². The third-order valence-electron chi connectivity index (χ3n) is 4.11. The lowest BCUT2D eigenvalue weighted by atomic mass is 9.77. The fourth-order valence-electron chi connectivity index (χ4n) is 2.58. The number of nitrogens with one attached hydrogen (secondary N) is 2. The molecular weight excluding hydrogens is 184 g/mol.